The van der Waals surface area contributed by atoms with E-state index in [0.29, 0.717) is 12.0 Å². The van der Waals surface area contributed by atoms with Crippen LogP contribution >= 0.6 is 0 Å². The Morgan fingerprint density at radius 3 is 2.71 bits per heavy atom. The number of rotatable bonds is 6. The fourth-order valence-electron chi connectivity index (χ4n) is 3.36. The van der Waals surface area contributed by atoms with Gasteiger partial charge in [-0.1, -0.05) is 12.8 Å². The van der Waals surface area contributed by atoms with Gasteiger partial charge in [0, 0.05) is 24.8 Å². The summed E-state index contributed by atoms with van der Waals surface area (Å²) < 4.78 is 10.8. The van der Waals surface area contributed by atoms with E-state index in [1.165, 1.54) is 25.7 Å². The topological polar surface area (TPSA) is 60.6 Å². The van der Waals surface area contributed by atoms with Gasteiger partial charge in [0.2, 0.25) is 0 Å². The van der Waals surface area contributed by atoms with Crippen molar-refractivity contribution in [2.45, 2.75) is 38.3 Å². The molecule has 118 valence electrons. The molecule has 5 heteroatoms. The Morgan fingerprint density at radius 1 is 1.29 bits per heavy atom. The highest BCUT2D eigenvalue weighted by molar-refractivity contribution is 5.42. The second-order valence-electron chi connectivity index (χ2n) is 5.76. The van der Waals surface area contributed by atoms with E-state index in [1.54, 1.807) is 20.4 Å². The number of ether oxygens (including phenoxy) is 2. The molecule has 5 nitrogen and oxygen atoms in total. The zero-order valence-corrected chi connectivity index (χ0v) is 13.3. The lowest BCUT2D eigenvalue weighted by Crippen LogP contribution is -2.42. The van der Waals surface area contributed by atoms with E-state index in [4.69, 9.17) is 15.2 Å². The van der Waals surface area contributed by atoms with Crippen LogP contribution in [-0.4, -0.2) is 43.7 Å². The first-order chi connectivity index (χ1) is 10.2. The molecule has 1 aromatic rings. The number of hydrogen-bond acceptors (Lipinski definition) is 5. The maximum atomic E-state index is 5.94. The summed E-state index contributed by atoms with van der Waals surface area (Å²) in [7, 11) is 5.46. The van der Waals surface area contributed by atoms with Crippen molar-refractivity contribution >= 4 is 0 Å². The minimum atomic E-state index is 0.529. The van der Waals surface area contributed by atoms with Crippen molar-refractivity contribution in [2.24, 2.45) is 11.7 Å². The van der Waals surface area contributed by atoms with Crippen LogP contribution in [0.1, 0.15) is 31.4 Å². The summed E-state index contributed by atoms with van der Waals surface area (Å²) in [6.45, 7) is 1.51. The first-order valence-corrected chi connectivity index (χ1v) is 7.67. The average molecular weight is 293 g/mol. The van der Waals surface area contributed by atoms with E-state index < -0.39 is 0 Å². The molecule has 2 N–H and O–H groups in total. The van der Waals surface area contributed by atoms with E-state index in [2.05, 4.69) is 16.9 Å². The van der Waals surface area contributed by atoms with Gasteiger partial charge in [0.15, 0.2) is 11.5 Å². The molecule has 1 heterocycles. The summed E-state index contributed by atoms with van der Waals surface area (Å²) in [4.78, 5) is 6.83. The molecule has 1 saturated carbocycles. The van der Waals surface area contributed by atoms with Gasteiger partial charge < -0.3 is 15.2 Å². The molecule has 0 aliphatic heterocycles. The normalized spacial score (nSPS) is 22.3. The van der Waals surface area contributed by atoms with Gasteiger partial charge in [-0.25, -0.2) is 0 Å². The van der Waals surface area contributed by atoms with Gasteiger partial charge in [0.25, 0.3) is 0 Å². The van der Waals surface area contributed by atoms with Gasteiger partial charge in [-0.15, -0.1) is 0 Å². The minimum Gasteiger partial charge on any atom is -0.493 e. The monoisotopic (exact) mass is 293 g/mol. The lowest BCUT2D eigenvalue weighted by Gasteiger charge is -2.37. The van der Waals surface area contributed by atoms with E-state index in [1.807, 2.05) is 6.07 Å². The van der Waals surface area contributed by atoms with Crippen molar-refractivity contribution in [3.05, 3.63) is 18.0 Å². The molecule has 1 aliphatic carbocycles. The van der Waals surface area contributed by atoms with Crippen LogP contribution in [-0.2, 0) is 6.54 Å². The smallest absolute Gasteiger partial charge is 0.183 e. The van der Waals surface area contributed by atoms with Crippen LogP contribution in [0.4, 0.5) is 0 Å². The average Bonchev–Trinajstić information content (AvgIpc) is 2.54. The van der Waals surface area contributed by atoms with Crippen molar-refractivity contribution in [3.63, 3.8) is 0 Å². The minimum absolute atomic E-state index is 0.529. The van der Waals surface area contributed by atoms with Crippen molar-refractivity contribution in [1.29, 1.82) is 0 Å². The van der Waals surface area contributed by atoms with E-state index in [-0.39, 0.29) is 0 Å². The van der Waals surface area contributed by atoms with Gasteiger partial charge >= 0.3 is 0 Å². The van der Waals surface area contributed by atoms with Gasteiger partial charge in [0.05, 0.1) is 14.2 Å². The Bertz CT molecular complexity index is 453. The Morgan fingerprint density at radius 2 is 2.05 bits per heavy atom. The molecular weight excluding hydrogens is 266 g/mol. The van der Waals surface area contributed by atoms with Crippen LogP contribution in [0.2, 0.25) is 0 Å². The summed E-state index contributed by atoms with van der Waals surface area (Å²) in [5.41, 5.74) is 6.86. The van der Waals surface area contributed by atoms with Crippen molar-refractivity contribution in [1.82, 2.24) is 9.88 Å². The maximum Gasteiger partial charge on any atom is 0.183 e. The lowest BCUT2D eigenvalue weighted by atomic mass is 9.83. The van der Waals surface area contributed by atoms with Crippen LogP contribution in [0.3, 0.4) is 0 Å². The molecule has 0 bridgehead atoms. The molecule has 21 heavy (non-hydrogen) atoms. The summed E-state index contributed by atoms with van der Waals surface area (Å²) in [5, 5.41) is 0. The number of pyridine rings is 1. The number of nitrogens with zero attached hydrogens (tertiary/aromatic N) is 2. The summed E-state index contributed by atoms with van der Waals surface area (Å²) in [6.07, 6.45) is 6.80. The van der Waals surface area contributed by atoms with Crippen molar-refractivity contribution in [3.8, 4) is 11.5 Å². The van der Waals surface area contributed by atoms with Crippen molar-refractivity contribution < 1.29 is 9.47 Å². The molecule has 0 spiro atoms. The molecule has 2 rings (SSSR count). The standard InChI is InChI=1S/C16H27N3O2/c1-19(14-7-5-4-6-12(14)10-17)11-13-16(21-3)15(20-2)8-9-18-13/h8-9,12,14H,4-7,10-11,17H2,1-3H3. The second-order valence-corrected chi connectivity index (χ2v) is 5.76. The van der Waals surface area contributed by atoms with Crippen LogP contribution in [0, 0.1) is 5.92 Å². The Balaban J connectivity index is 2.13. The summed E-state index contributed by atoms with van der Waals surface area (Å²) in [5.74, 6) is 2.04. The third-order valence-corrected chi connectivity index (χ3v) is 4.50. The zero-order valence-electron chi connectivity index (χ0n) is 13.3. The quantitative estimate of drug-likeness (QED) is 0.870. The lowest BCUT2D eigenvalue weighted by molar-refractivity contribution is 0.125. The van der Waals surface area contributed by atoms with Gasteiger partial charge in [0.1, 0.15) is 5.69 Å². The molecule has 0 aromatic carbocycles. The van der Waals surface area contributed by atoms with E-state index in [0.717, 1.165) is 30.3 Å². The maximum absolute atomic E-state index is 5.94. The number of aromatic nitrogens is 1. The van der Waals surface area contributed by atoms with Gasteiger partial charge in [-0.3, -0.25) is 9.88 Å². The zero-order chi connectivity index (χ0) is 15.2. The molecule has 1 fully saturated rings. The molecule has 2 unspecified atom stereocenters. The molecule has 0 amide bonds. The molecule has 0 saturated heterocycles. The molecule has 1 aliphatic rings. The number of methoxy groups -OCH3 is 2. The summed E-state index contributed by atoms with van der Waals surface area (Å²) in [6, 6.07) is 2.35. The fourth-order valence-corrected chi connectivity index (χ4v) is 3.36. The highest BCUT2D eigenvalue weighted by atomic mass is 16.5. The fraction of sp³-hybridized carbons (Fsp3) is 0.688. The molecular formula is C16H27N3O2. The predicted molar refractivity (Wildman–Crippen MR) is 83.6 cm³/mol. The Kier molecular flexibility index (Phi) is 5.82. The second kappa shape index (κ2) is 7.61. The highest BCUT2D eigenvalue weighted by Gasteiger charge is 2.28. The molecule has 2 atom stereocenters. The first-order valence-electron chi connectivity index (χ1n) is 7.67. The Labute approximate surface area is 127 Å². The van der Waals surface area contributed by atoms with Crippen LogP contribution in [0.15, 0.2) is 12.3 Å². The van der Waals surface area contributed by atoms with Gasteiger partial charge in [-0.05, 0) is 32.4 Å². The van der Waals surface area contributed by atoms with Crippen LogP contribution < -0.4 is 15.2 Å². The third-order valence-electron chi connectivity index (χ3n) is 4.50. The predicted octanol–water partition coefficient (Wildman–Crippen LogP) is 2.05. The van der Waals surface area contributed by atoms with Gasteiger partial charge in [-0.2, -0.15) is 0 Å². The number of hydrogen-bond donors (Lipinski definition) is 1. The SMILES string of the molecule is COc1ccnc(CN(C)C2CCCCC2CN)c1OC. The van der Waals surface area contributed by atoms with E-state index in [9.17, 15) is 0 Å². The third kappa shape index (κ3) is 3.66. The van der Waals surface area contributed by atoms with Crippen molar-refractivity contribution in [2.75, 3.05) is 27.8 Å². The van der Waals surface area contributed by atoms with E-state index >= 15 is 0 Å². The summed E-state index contributed by atoms with van der Waals surface area (Å²) >= 11 is 0. The Hall–Kier alpha value is -1.33. The number of nitrogens with two attached hydrogens (primary N) is 1. The highest BCUT2D eigenvalue weighted by Crippen LogP contribution is 2.32. The largest absolute Gasteiger partial charge is 0.493 e. The van der Waals surface area contributed by atoms with Crippen LogP contribution in [0.5, 0.6) is 11.5 Å². The first kappa shape index (κ1) is 16.0. The van der Waals surface area contributed by atoms with Crippen LogP contribution in [0.25, 0.3) is 0 Å². The molecule has 0 radical (unpaired) electrons. The molecule has 1 aromatic heterocycles.